The fourth-order valence-corrected chi connectivity index (χ4v) is 5.05. The van der Waals surface area contributed by atoms with E-state index in [4.69, 9.17) is 0 Å². The van der Waals surface area contributed by atoms with E-state index in [9.17, 15) is 12.8 Å². The van der Waals surface area contributed by atoms with Crippen molar-refractivity contribution in [3.63, 3.8) is 0 Å². The molecule has 2 rings (SSSR count). The summed E-state index contributed by atoms with van der Waals surface area (Å²) >= 11 is 0. The van der Waals surface area contributed by atoms with Crippen molar-refractivity contribution in [2.75, 3.05) is 6.54 Å². The third-order valence-electron chi connectivity index (χ3n) is 4.18. The highest BCUT2D eigenvalue weighted by Crippen LogP contribution is 2.34. The summed E-state index contributed by atoms with van der Waals surface area (Å²) in [6, 6.07) is 5.41. The summed E-state index contributed by atoms with van der Waals surface area (Å²) in [5.41, 5.74) is 0. The van der Waals surface area contributed by atoms with Gasteiger partial charge in [0.2, 0.25) is 0 Å². The molecule has 20 heavy (non-hydrogen) atoms. The average molecular weight is 299 g/mol. The Morgan fingerprint density at radius 1 is 1.25 bits per heavy atom. The monoisotopic (exact) mass is 299 g/mol. The minimum Gasteiger partial charge on any atom is -0.314 e. The quantitative estimate of drug-likeness (QED) is 0.850. The second kappa shape index (κ2) is 6.22. The number of hydrogen-bond acceptors (Lipinski definition) is 3. The first kappa shape index (κ1) is 15.4. The lowest BCUT2D eigenvalue weighted by atomic mass is 10.1. The molecule has 1 aliphatic rings. The van der Waals surface area contributed by atoms with Crippen LogP contribution in [0.15, 0.2) is 29.2 Å². The Morgan fingerprint density at radius 2 is 1.90 bits per heavy atom. The lowest BCUT2D eigenvalue weighted by Crippen LogP contribution is -2.36. The molecule has 0 heterocycles. The van der Waals surface area contributed by atoms with Gasteiger partial charge in [-0.15, -0.1) is 0 Å². The van der Waals surface area contributed by atoms with Gasteiger partial charge < -0.3 is 5.32 Å². The molecule has 1 fully saturated rings. The lowest BCUT2D eigenvalue weighted by Gasteiger charge is -2.22. The van der Waals surface area contributed by atoms with Crippen LogP contribution >= 0.6 is 0 Å². The molecule has 112 valence electrons. The molecule has 0 aromatic heterocycles. The summed E-state index contributed by atoms with van der Waals surface area (Å²) in [5, 5.41) is 3.05. The first-order valence-corrected chi connectivity index (χ1v) is 8.74. The van der Waals surface area contributed by atoms with Crippen LogP contribution in [0.2, 0.25) is 0 Å². The predicted molar refractivity (Wildman–Crippen MR) is 77.9 cm³/mol. The lowest BCUT2D eigenvalue weighted by molar-refractivity contribution is 0.425. The fourth-order valence-electron chi connectivity index (χ4n) is 2.98. The van der Waals surface area contributed by atoms with Crippen LogP contribution in [0.3, 0.4) is 0 Å². The van der Waals surface area contributed by atoms with Crippen LogP contribution < -0.4 is 5.32 Å². The van der Waals surface area contributed by atoms with Gasteiger partial charge >= 0.3 is 0 Å². The van der Waals surface area contributed by atoms with Gasteiger partial charge in [-0.2, -0.15) is 0 Å². The van der Waals surface area contributed by atoms with Crippen LogP contribution in [0.1, 0.15) is 33.1 Å². The molecule has 1 aromatic carbocycles. The average Bonchev–Trinajstić information content (AvgIpc) is 2.79. The van der Waals surface area contributed by atoms with Gasteiger partial charge in [0, 0.05) is 6.04 Å². The van der Waals surface area contributed by atoms with E-state index in [2.05, 4.69) is 12.2 Å². The standard InChI is InChI=1S/C15H22FNO2S/c1-3-10-17-14-8-9-15(11(14)2)20(18,19)13-6-4-12(16)5-7-13/h4-7,11,14-15,17H,3,8-10H2,1-2H3. The highest BCUT2D eigenvalue weighted by atomic mass is 32.2. The molecule has 3 atom stereocenters. The second-order valence-corrected chi connectivity index (χ2v) is 7.70. The topological polar surface area (TPSA) is 46.2 Å². The molecule has 5 heteroatoms. The molecule has 3 nitrogen and oxygen atoms in total. The Bertz CT molecular complexity index is 541. The molecule has 1 saturated carbocycles. The molecule has 0 aliphatic heterocycles. The first-order valence-electron chi connectivity index (χ1n) is 7.19. The Labute approximate surface area is 120 Å². The third-order valence-corrected chi connectivity index (χ3v) is 6.57. The SMILES string of the molecule is CCCNC1CCC(S(=O)(=O)c2ccc(F)cc2)C1C. The minimum absolute atomic E-state index is 0.0802. The Hall–Kier alpha value is -0.940. The maximum atomic E-state index is 12.9. The fraction of sp³-hybridized carbons (Fsp3) is 0.600. The minimum atomic E-state index is -3.37. The summed E-state index contributed by atoms with van der Waals surface area (Å²) in [4.78, 5) is 0.229. The van der Waals surface area contributed by atoms with Gasteiger partial charge in [0.05, 0.1) is 10.1 Å². The number of halogens is 1. The van der Waals surface area contributed by atoms with Crippen LogP contribution in [0.5, 0.6) is 0 Å². The van der Waals surface area contributed by atoms with Gasteiger partial charge in [-0.25, -0.2) is 12.8 Å². The summed E-state index contributed by atoms with van der Waals surface area (Å²) in [5.74, 6) is -0.331. The van der Waals surface area contributed by atoms with Gasteiger partial charge in [-0.3, -0.25) is 0 Å². The molecule has 0 saturated heterocycles. The van der Waals surface area contributed by atoms with E-state index < -0.39 is 15.7 Å². The molecule has 1 N–H and O–H groups in total. The van der Waals surface area contributed by atoms with Crippen molar-refractivity contribution >= 4 is 9.84 Å². The van der Waals surface area contributed by atoms with Crippen molar-refractivity contribution in [2.24, 2.45) is 5.92 Å². The maximum Gasteiger partial charge on any atom is 0.181 e. The van der Waals surface area contributed by atoms with Crippen molar-refractivity contribution in [1.82, 2.24) is 5.32 Å². The van der Waals surface area contributed by atoms with Crippen molar-refractivity contribution in [3.05, 3.63) is 30.1 Å². The van der Waals surface area contributed by atoms with Crippen LogP contribution in [0, 0.1) is 11.7 Å². The highest BCUT2D eigenvalue weighted by Gasteiger charge is 2.41. The molecule has 1 aliphatic carbocycles. The second-order valence-electron chi connectivity index (χ2n) is 5.53. The van der Waals surface area contributed by atoms with Gasteiger partial charge in [0.15, 0.2) is 9.84 Å². The summed E-state index contributed by atoms with van der Waals surface area (Å²) in [6.45, 7) is 5.00. The summed E-state index contributed by atoms with van der Waals surface area (Å²) < 4.78 is 38.2. The summed E-state index contributed by atoms with van der Waals surface area (Å²) in [7, 11) is -3.37. The zero-order chi connectivity index (χ0) is 14.8. The van der Waals surface area contributed by atoms with Crippen LogP contribution in [-0.2, 0) is 9.84 Å². The maximum absolute atomic E-state index is 12.9. The van der Waals surface area contributed by atoms with E-state index >= 15 is 0 Å². The van der Waals surface area contributed by atoms with E-state index in [1.807, 2.05) is 6.92 Å². The van der Waals surface area contributed by atoms with E-state index in [-0.39, 0.29) is 22.1 Å². The van der Waals surface area contributed by atoms with Crippen molar-refractivity contribution < 1.29 is 12.8 Å². The van der Waals surface area contributed by atoms with Crippen molar-refractivity contribution in [3.8, 4) is 0 Å². The van der Waals surface area contributed by atoms with Crippen LogP contribution in [0.25, 0.3) is 0 Å². The van der Waals surface area contributed by atoms with E-state index in [1.165, 1.54) is 24.3 Å². The molecule has 1 aromatic rings. The van der Waals surface area contributed by atoms with Gasteiger partial charge in [-0.05, 0) is 56.0 Å². The molecule has 0 amide bonds. The third kappa shape index (κ3) is 3.04. The zero-order valence-corrected chi connectivity index (χ0v) is 12.8. The number of nitrogens with one attached hydrogen (secondary N) is 1. The van der Waals surface area contributed by atoms with Gasteiger partial charge in [0.1, 0.15) is 5.82 Å². The molecule has 0 radical (unpaired) electrons. The van der Waals surface area contributed by atoms with Gasteiger partial charge in [-0.1, -0.05) is 13.8 Å². The zero-order valence-electron chi connectivity index (χ0n) is 12.0. The normalized spacial score (nSPS) is 26.9. The number of hydrogen-bond donors (Lipinski definition) is 1. The van der Waals surface area contributed by atoms with E-state index in [0.29, 0.717) is 6.42 Å². The largest absolute Gasteiger partial charge is 0.314 e. The van der Waals surface area contributed by atoms with Crippen LogP contribution in [0.4, 0.5) is 4.39 Å². The molecular formula is C15H22FNO2S. The van der Waals surface area contributed by atoms with E-state index in [1.54, 1.807) is 0 Å². The summed E-state index contributed by atoms with van der Waals surface area (Å²) in [6.07, 6.45) is 2.59. The molecular weight excluding hydrogens is 277 g/mol. The first-order chi connectivity index (χ1) is 9.46. The Kier molecular flexibility index (Phi) is 4.81. The number of rotatable bonds is 5. The number of benzene rings is 1. The van der Waals surface area contributed by atoms with E-state index in [0.717, 1.165) is 19.4 Å². The van der Waals surface area contributed by atoms with Crippen molar-refractivity contribution in [2.45, 2.75) is 49.3 Å². The van der Waals surface area contributed by atoms with Crippen molar-refractivity contribution in [1.29, 1.82) is 0 Å². The van der Waals surface area contributed by atoms with Crippen LogP contribution in [-0.4, -0.2) is 26.3 Å². The van der Waals surface area contributed by atoms with Gasteiger partial charge in [0.25, 0.3) is 0 Å². The predicted octanol–water partition coefficient (Wildman–Crippen LogP) is 2.77. The Balaban J connectivity index is 2.16. The molecule has 3 unspecified atom stereocenters. The molecule has 0 spiro atoms. The Morgan fingerprint density at radius 3 is 2.50 bits per heavy atom. The molecule has 0 bridgehead atoms. The highest BCUT2D eigenvalue weighted by molar-refractivity contribution is 7.92. The number of sulfone groups is 1. The smallest absolute Gasteiger partial charge is 0.181 e.